The molecule has 0 spiro atoms. The van der Waals surface area contributed by atoms with E-state index < -0.39 is 0 Å². The van der Waals surface area contributed by atoms with Gasteiger partial charge in [-0.2, -0.15) is 0 Å². The molecule has 1 saturated carbocycles. The van der Waals surface area contributed by atoms with Crippen LogP contribution in [0.15, 0.2) is 0 Å². The molecule has 2 atom stereocenters. The summed E-state index contributed by atoms with van der Waals surface area (Å²) in [5.74, 6) is 1.31. The van der Waals surface area contributed by atoms with Crippen molar-refractivity contribution in [3.8, 4) is 0 Å². The highest BCUT2D eigenvalue weighted by Gasteiger charge is 2.33. The van der Waals surface area contributed by atoms with Gasteiger partial charge < -0.3 is 10.6 Å². The van der Waals surface area contributed by atoms with Crippen LogP contribution in [-0.2, 0) is 4.79 Å². The second-order valence-electron chi connectivity index (χ2n) is 4.55. The van der Waals surface area contributed by atoms with Crippen molar-refractivity contribution in [3.05, 3.63) is 0 Å². The first-order chi connectivity index (χ1) is 6.81. The highest BCUT2D eigenvalue weighted by Crippen LogP contribution is 2.29. The summed E-state index contributed by atoms with van der Waals surface area (Å²) in [7, 11) is 0. The van der Waals surface area contributed by atoms with E-state index in [2.05, 4.69) is 17.6 Å². The molecule has 3 nitrogen and oxygen atoms in total. The molecule has 2 unspecified atom stereocenters. The zero-order valence-electron chi connectivity index (χ0n) is 8.88. The second kappa shape index (κ2) is 4.30. The van der Waals surface area contributed by atoms with E-state index in [1.54, 1.807) is 0 Å². The SMILES string of the molecule is CCC1CCNCC1NC(=O)C1CC1. The van der Waals surface area contributed by atoms with Crippen molar-refractivity contribution in [2.75, 3.05) is 13.1 Å². The molecule has 3 heteroatoms. The van der Waals surface area contributed by atoms with Gasteiger partial charge >= 0.3 is 0 Å². The van der Waals surface area contributed by atoms with Crippen molar-refractivity contribution in [2.45, 2.75) is 38.6 Å². The van der Waals surface area contributed by atoms with E-state index in [9.17, 15) is 4.79 Å². The maximum Gasteiger partial charge on any atom is 0.223 e. The molecule has 1 saturated heterocycles. The van der Waals surface area contributed by atoms with Crippen molar-refractivity contribution in [2.24, 2.45) is 11.8 Å². The van der Waals surface area contributed by atoms with Crippen LogP contribution in [0.1, 0.15) is 32.6 Å². The van der Waals surface area contributed by atoms with Crippen molar-refractivity contribution in [3.63, 3.8) is 0 Å². The Morgan fingerprint density at radius 3 is 2.86 bits per heavy atom. The predicted octanol–water partition coefficient (Wildman–Crippen LogP) is 0.901. The van der Waals surface area contributed by atoms with Crippen LogP contribution >= 0.6 is 0 Å². The molecule has 1 amide bonds. The summed E-state index contributed by atoms with van der Waals surface area (Å²) < 4.78 is 0. The summed E-state index contributed by atoms with van der Waals surface area (Å²) in [5, 5.41) is 6.53. The standard InChI is InChI=1S/C11H20N2O/c1-2-8-5-6-12-7-10(8)13-11(14)9-3-4-9/h8-10,12H,2-7H2,1H3,(H,13,14). The fourth-order valence-corrected chi connectivity index (χ4v) is 2.22. The third-order valence-electron chi connectivity index (χ3n) is 3.43. The van der Waals surface area contributed by atoms with Gasteiger partial charge in [0.2, 0.25) is 5.91 Å². The molecule has 2 rings (SSSR count). The number of carbonyl (C=O) groups excluding carboxylic acids is 1. The summed E-state index contributed by atoms with van der Waals surface area (Å²) >= 11 is 0. The van der Waals surface area contributed by atoms with Gasteiger partial charge in [-0.1, -0.05) is 13.3 Å². The molecule has 80 valence electrons. The van der Waals surface area contributed by atoms with E-state index in [1.807, 2.05) is 0 Å². The minimum absolute atomic E-state index is 0.289. The van der Waals surface area contributed by atoms with E-state index >= 15 is 0 Å². The predicted molar refractivity (Wildman–Crippen MR) is 55.9 cm³/mol. The van der Waals surface area contributed by atoms with Crippen LogP contribution in [0.2, 0.25) is 0 Å². The van der Waals surface area contributed by atoms with Gasteiger partial charge in [0.15, 0.2) is 0 Å². The first kappa shape index (κ1) is 9.97. The van der Waals surface area contributed by atoms with E-state index in [0.717, 1.165) is 25.9 Å². The van der Waals surface area contributed by atoms with Gasteiger partial charge in [0.1, 0.15) is 0 Å². The number of amides is 1. The van der Waals surface area contributed by atoms with Crippen LogP contribution in [0.4, 0.5) is 0 Å². The molecule has 2 N–H and O–H groups in total. The maximum atomic E-state index is 11.6. The van der Waals surface area contributed by atoms with E-state index in [4.69, 9.17) is 0 Å². The average molecular weight is 196 g/mol. The lowest BCUT2D eigenvalue weighted by Crippen LogP contribution is -2.51. The van der Waals surface area contributed by atoms with Crippen molar-refractivity contribution in [1.29, 1.82) is 0 Å². The van der Waals surface area contributed by atoms with E-state index in [1.165, 1.54) is 12.8 Å². The molecule has 2 fully saturated rings. The van der Waals surface area contributed by atoms with E-state index in [-0.39, 0.29) is 5.91 Å². The number of hydrogen-bond donors (Lipinski definition) is 2. The number of piperidine rings is 1. The summed E-state index contributed by atoms with van der Waals surface area (Å²) in [6, 6.07) is 0.377. The van der Waals surface area contributed by atoms with Crippen LogP contribution in [0.25, 0.3) is 0 Å². The highest BCUT2D eigenvalue weighted by molar-refractivity contribution is 5.81. The first-order valence-corrected chi connectivity index (χ1v) is 5.82. The molecule has 1 aliphatic heterocycles. The van der Waals surface area contributed by atoms with Crippen molar-refractivity contribution < 1.29 is 4.79 Å². The van der Waals surface area contributed by atoms with Crippen LogP contribution in [0, 0.1) is 11.8 Å². The molecule has 1 aliphatic carbocycles. The van der Waals surface area contributed by atoms with Gasteiger partial charge in [-0.15, -0.1) is 0 Å². The summed E-state index contributed by atoms with van der Waals surface area (Å²) in [6.45, 7) is 4.28. The first-order valence-electron chi connectivity index (χ1n) is 5.82. The summed E-state index contributed by atoms with van der Waals surface area (Å²) in [5.41, 5.74) is 0. The Kier molecular flexibility index (Phi) is 3.06. The monoisotopic (exact) mass is 196 g/mol. The quantitative estimate of drug-likeness (QED) is 0.704. The molecule has 0 bridgehead atoms. The topological polar surface area (TPSA) is 41.1 Å². The van der Waals surface area contributed by atoms with Crippen molar-refractivity contribution in [1.82, 2.24) is 10.6 Å². The number of hydrogen-bond acceptors (Lipinski definition) is 2. The lowest BCUT2D eigenvalue weighted by Gasteiger charge is -2.32. The summed E-state index contributed by atoms with van der Waals surface area (Å²) in [4.78, 5) is 11.6. The molecule has 1 heterocycles. The highest BCUT2D eigenvalue weighted by atomic mass is 16.2. The van der Waals surface area contributed by atoms with Gasteiger partial charge in [-0.25, -0.2) is 0 Å². The number of rotatable bonds is 3. The molecular weight excluding hydrogens is 176 g/mol. The third-order valence-corrected chi connectivity index (χ3v) is 3.43. The zero-order chi connectivity index (χ0) is 9.97. The van der Waals surface area contributed by atoms with Crippen LogP contribution < -0.4 is 10.6 Å². The van der Waals surface area contributed by atoms with Gasteiger partial charge in [0.05, 0.1) is 0 Å². The average Bonchev–Trinajstić information content (AvgIpc) is 3.02. The Hall–Kier alpha value is -0.570. The Balaban J connectivity index is 1.83. The molecule has 0 aromatic carbocycles. The fraction of sp³-hybridized carbons (Fsp3) is 0.909. The molecule has 0 radical (unpaired) electrons. The Bertz CT molecular complexity index is 213. The van der Waals surface area contributed by atoms with Gasteiger partial charge in [-0.3, -0.25) is 4.79 Å². The van der Waals surface area contributed by atoms with Crippen molar-refractivity contribution >= 4 is 5.91 Å². The normalized spacial score (nSPS) is 32.6. The lowest BCUT2D eigenvalue weighted by molar-refractivity contribution is -0.123. The molecule has 14 heavy (non-hydrogen) atoms. The molecule has 0 aromatic heterocycles. The molecule has 2 aliphatic rings. The largest absolute Gasteiger partial charge is 0.352 e. The Morgan fingerprint density at radius 1 is 1.43 bits per heavy atom. The maximum absolute atomic E-state index is 11.6. The molecular formula is C11H20N2O. The van der Waals surface area contributed by atoms with Gasteiger partial charge in [-0.05, 0) is 31.7 Å². The van der Waals surface area contributed by atoms with Gasteiger partial charge in [0, 0.05) is 18.5 Å². The van der Waals surface area contributed by atoms with Gasteiger partial charge in [0.25, 0.3) is 0 Å². The lowest BCUT2D eigenvalue weighted by atomic mass is 9.90. The molecule has 0 aromatic rings. The van der Waals surface area contributed by atoms with Crippen LogP contribution in [0.3, 0.4) is 0 Å². The zero-order valence-corrected chi connectivity index (χ0v) is 8.88. The minimum atomic E-state index is 0.289. The fourth-order valence-electron chi connectivity index (χ4n) is 2.22. The minimum Gasteiger partial charge on any atom is -0.352 e. The smallest absolute Gasteiger partial charge is 0.223 e. The third kappa shape index (κ3) is 2.27. The van der Waals surface area contributed by atoms with E-state index in [0.29, 0.717) is 17.9 Å². The van der Waals surface area contributed by atoms with Crippen LogP contribution in [-0.4, -0.2) is 25.0 Å². The number of nitrogens with one attached hydrogen (secondary N) is 2. The Labute approximate surface area is 85.6 Å². The Morgan fingerprint density at radius 2 is 2.21 bits per heavy atom. The summed E-state index contributed by atoms with van der Waals surface area (Å²) in [6.07, 6.45) is 4.58. The van der Waals surface area contributed by atoms with Crippen LogP contribution in [0.5, 0.6) is 0 Å². The number of carbonyl (C=O) groups is 1. The second-order valence-corrected chi connectivity index (χ2v) is 4.55.